The topological polar surface area (TPSA) is 0 Å². The molecule has 0 amide bonds. The van der Waals surface area contributed by atoms with E-state index < -0.39 is 0 Å². The predicted octanol–water partition coefficient (Wildman–Crippen LogP) is 3.27. The molecule has 0 aliphatic rings. The van der Waals surface area contributed by atoms with Crippen LogP contribution >= 0.6 is 11.6 Å². The Bertz CT molecular complexity index is 453. The van der Waals surface area contributed by atoms with E-state index >= 15 is 0 Å². The van der Waals surface area contributed by atoms with Crippen LogP contribution in [0.2, 0.25) is 5.02 Å². The molecule has 0 heterocycles. The maximum absolute atomic E-state index is 6.22. The summed E-state index contributed by atoms with van der Waals surface area (Å²) < 4.78 is 1.21. The number of hydrogen-bond donors (Lipinski definition) is 0. The molecule has 0 saturated carbocycles. The van der Waals surface area contributed by atoms with Crippen LogP contribution in [0, 0.1) is 0 Å². The monoisotopic (exact) mass is 371 g/mol. The summed E-state index contributed by atoms with van der Waals surface area (Å²) in [5.41, 5.74) is 1.22. The molecule has 24 heavy (non-hydrogen) atoms. The Hall–Kier alpha value is -0.500. The number of benzene rings is 1. The van der Waals surface area contributed by atoms with Crippen molar-refractivity contribution in [3.63, 3.8) is 0 Å². The lowest BCUT2D eigenvalue weighted by molar-refractivity contribution is -0.919. The molecule has 0 bridgehead atoms. The zero-order valence-corrected chi connectivity index (χ0v) is 17.3. The molecular weight excluding hydrogens is 337 g/mol. The molecule has 0 saturated heterocycles. The fraction of sp³-hybridized carbons (Fsp3) is 0.619. The molecule has 1 rings (SSSR count). The third-order valence-electron chi connectivity index (χ3n) is 5.03. The van der Waals surface area contributed by atoms with Crippen molar-refractivity contribution in [2.24, 2.45) is 0 Å². The van der Waals surface area contributed by atoms with Crippen LogP contribution in [-0.4, -0.2) is 30.7 Å². The number of hydrogen-bond acceptors (Lipinski definition) is 0. The summed E-state index contributed by atoms with van der Waals surface area (Å²) in [5.74, 6) is 0. The highest BCUT2D eigenvalue weighted by Crippen LogP contribution is 2.16. The minimum Gasteiger partial charge on any atom is -1.00 e. The van der Waals surface area contributed by atoms with E-state index in [1.165, 1.54) is 61.8 Å². The fourth-order valence-electron chi connectivity index (χ4n) is 3.11. The summed E-state index contributed by atoms with van der Waals surface area (Å²) in [5, 5.41) is 0.875. The van der Waals surface area contributed by atoms with Gasteiger partial charge in [-0.1, -0.05) is 62.1 Å². The number of nitrogens with zero attached hydrogens (tertiary/aromatic N) is 1. The summed E-state index contributed by atoms with van der Waals surface area (Å²) >= 11 is 6.22. The van der Waals surface area contributed by atoms with E-state index in [0.29, 0.717) is 0 Å². The van der Waals surface area contributed by atoms with Gasteiger partial charge in [0.2, 0.25) is 0 Å². The molecule has 138 valence electrons. The molecule has 0 aliphatic heterocycles. The zero-order chi connectivity index (χ0) is 17.0. The first kappa shape index (κ1) is 23.5. The van der Waals surface area contributed by atoms with Crippen molar-refractivity contribution in [1.82, 2.24) is 0 Å². The molecule has 3 heteroatoms. The third-order valence-corrected chi connectivity index (χ3v) is 5.40. The molecule has 0 radical (unpaired) electrons. The lowest BCUT2D eigenvalue weighted by atomic mass is 10.1. The van der Waals surface area contributed by atoms with Gasteiger partial charge < -0.3 is 16.9 Å². The van der Waals surface area contributed by atoms with E-state index in [-0.39, 0.29) is 12.4 Å². The summed E-state index contributed by atoms with van der Waals surface area (Å²) in [6, 6.07) is 8.13. The maximum Gasteiger partial charge on any atom is 0.0973 e. The first-order chi connectivity index (χ1) is 11.2. The first-order valence-corrected chi connectivity index (χ1v) is 9.78. The van der Waals surface area contributed by atoms with Gasteiger partial charge >= 0.3 is 0 Å². The number of allylic oxidation sites excluding steroid dienone is 1. The molecule has 1 aromatic carbocycles. The number of likely N-dealkylation sites (N-methyl/N-ethyl adjacent to an activating group) is 1. The van der Waals surface area contributed by atoms with Gasteiger partial charge in [-0.05, 0) is 50.8 Å². The largest absolute Gasteiger partial charge is 1.00 e. The molecule has 0 atom stereocenters. The smallest absolute Gasteiger partial charge is 0.0973 e. The lowest BCUT2D eigenvalue weighted by Crippen LogP contribution is -3.00. The van der Waals surface area contributed by atoms with Crippen molar-refractivity contribution in [2.45, 2.75) is 59.3 Å². The van der Waals surface area contributed by atoms with Crippen LogP contribution in [0.15, 0.2) is 36.4 Å². The Labute approximate surface area is 161 Å². The Kier molecular flexibility index (Phi) is 13.5. The van der Waals surface area contributed by atoms with E-state index in [4.69, 9.17) is 11.6 Å². The summed E-state index contributed by atoms with van der Waals surface area (Å²) in [6.07, 6.45) is 12.4. The minimum atomic E-state index is 0. The average Bonchev–Trinajstić information content (AvgIpc) is 2.58. The summed E-state index contributed by atoms with van der Waals surface area (Å²) in [6.45, 7) is 11.8. The van der Waals surface area contributed by atoms with Crippen LogP contribution in [0.5, 0.6) is 0 Å². The zero-order valence-electron chi connectivity index (χ0n) is 15.7. The third kappa shape index (κ3) is 8.55. The molecule has 0 aromatic heterocycles. The quantitative estimate of drug-likeness (QED) is 0.300. The van der Waals surface area contributed by atoms with Crippen LogP contribution in [0.3, 0.4) is 0 Å². The van der Waals surface area contributed by atoms with Crippen molar-refractivity contribution < 1.29 is 16.9 Å². The standard InChI is InChI=1S/C21H35ClN.ClH/c1-4-7-8-9-13-18-23(5-2,6-3)19-14-12-16-20-15-10-11-17-21(20)22;/h10-12,14-15,17H,4-9,13,16,18-19H2,1-3H3;1H/q+1;/p-1. The van der Waals surface area contributed by atoms with E-state index in [9.17, 15) is 0 Å². The van der Waals surface area contributed by atoms with Crippen molar-refractivity contribution >= 4 is 11.6 Å². The van der Waals surface area contributed by atoms with Gasteiger partial charge in [0.05, 0.1) is 26.2 Å². The van der Waals surface area contributed by atoms with E-state index in [1.807, 2.05) is 12.1 Å². The molecule has 0 N–H and O–H groups in total. The van der Waals surface area contributed by atoms with Gasteiger partial charge in [0.25, 0.3) is 0 Å². The summed E-state index contributed by atoms with van der Waals surface area (Å²) in [7, 11) is 0. The van der Waals surface area contributed by atoms with Gasteiger partial charge in [0.15, 0.2) is 0 Å². The number of halogens is 2. The first-order valence-electron chi connectivity index (χ1n) is 9.41. The van der Waals surface area contributed by atoms with Crippen molar-refractivity contribution in [1.29, 1.82) is 0 Å². The Morgan fingerprint density at radius 2 is 1.58 bits per heavy atom. The summed E-state index contributed by atoms with van der Waals surface area (Å²) in [4.78, 5) is 0. The highest BCUT2D eigenvalue weighted by molar-refractivity contribution is 6.31. The second kappa shape index (κ2) is 13.8. The van der Waals surface area contributed by atoms with Crippen LogP contribution < -0.4 is 12.4 Å². The normalized spacial score (nSPS) is 11.7. The molecule has 0 unspecified atom stereocenters. The average molecular weight is 372 g/mol. The molecular formula is C21H35Cl2N. The van der Waals surface area contributed by atoms with Gasteiger partial charge in [-0.25, -0.2) is 0 Å². The molecule has 1 aromatic rings. The number of rotatable bonds is 12. The van der Waals surface area contributed by atoms with Gasteiger partial charge in [0.1, 0.15) is 0 Å². The van der Waals surface area contributed by atoms with E-state index in [0.717, 1.165) is 18.0 Å². The lowest BCUT2D eigenvalue weighted by Gasteiger charge is -2.36. The Balaban J connectivity index is 0.00000529. The highest BCUT2D eigenvalue weighted by Gasteiger charge is 2.20. The number of unbranched alkanes of at least 4 members (excludes halogenated alkanes) is 4. The van der Waals surface area contributed by atoms with Crippen molar-refractivity contribution in [2.75, 3.05) is 26.2 Å². The second-order valence-electron chi connectivity index (χ2n) is 6.56. The SMILES string of the molecule is CCCCCCC[N+](CC)(CC)CC=CCc1ccccc1Cl.[Cl-]. The van der Waals surface area contributed by atoms with Crippen molar-refractivity contribution in [3.05, 3.63) is 47.0 Å². The highest BCUT2D eigenvalue weighted by atomic mass is 35.5. The molecule has 1 nitrogen and oxygen atoms in total. The van der Waals surface area contributed by atoms with Crippen LogP contribution in [0.25, 0.3) is 0 Å². The van der Waals surface area contributed by atoms with Crippen LogP contribution in [-0.2, 0) is 6.42 Å². The minimum absolute atomic E-state index is 0. The van der Waals surface area contributed by atoms with E-state index in [1.54, 1.807) is 0 Å². The van der Waals surface area contributed by atoms with Gasteiger partial charge in [-0.2, -0.15) is 0 Å². The predicted molar refractivity (Wildman–Crippen MR) is 104 cm³/mol. The molecule has 0 fully saturated rings. The maximum atomic E-state index is 6.22. The number of quaternary nitrogens is 1. The second-order valence-corrected chi connectivity index (χ2v) is 6.97. The Morgan fingerprint density at radius 3 is 2.21 bits per heavy atom. The fourth-order valence-corrected chi connectivity index (χ4v) is 3.33. The molecule has 0 aliphatic carbocycles. The van der Waals surface area contributed by atoms with E-state index in [2.05, 4.69) is 45.1 Å². The van der Waals surface area contributed by atoms with Crippen molar-refractivity contribution in [3.8, 4) is 0 Å². The van der Waals surface area contributed by atoms with Crippen LogP contribution in [0.1, 0.15) is 58.4 Å². The van der Waals surface area contributed by atoms with Crippen LogP contribution in [0.4, 0.5) is 0 Å². The van der Waals surface area contributed by atoms with Gasteiger partial charge in [-0.3, -0.25) is 0 Å². The molecule has 0 spiro atoms. The Morgan fingerprint density at radius 1 is 0.917 bits per heavy atom. The van der Waals surface area contributed by atoms with Gasteiger partial charge in [-0.15, -0.1) is 0 Å². The van der Waals surface area contributed by atoms with Gasteiger partial charge in [0, 0.05) is 5.02 Å².